The molecule has 1 aliphatic rings. The zero-order valence-electron chi connectivity index (χ0n) is 12.5. The molecule has 0 bridgehead atoms. The quantitative estimate of drug-likeness (QED) is 0.613. The molecule has 0 saturated carbocycles. The van der Waals surface area contributed by atoms with Crippen molar-refractivity contribution in [1.82, 2.24) is 0 Å². The highest BCUT2D eigenvalue weighted by Gasteiger charge is 2.34. The van der Waals surface area contributed by atoms with Crippen LogP contribution < -0.4 is 9.64 Å². The summed E-state index contributed by atoms with van der Waals surface area (Å²) in [6.07, 6.45) is 1.75. The van der Waals surface area contributed by atoms with Gasteiger partial charge >= 0.3 is 0 Å². The van der Waals surface area contributed by atoms with Gasteiger partial charge in [-0.3, -0.25) is 9.59 Å². The average Bonchev–Trinajstić information content (AvgIpc) is 2.85. The van der Waals surface area contributed by atoms with E-state index in [1.165, 1.54) is 4.90 Å². The van der Waals surface area contributed by atoms with Crippen molar-refractivity contribution in [2.75, 3.05) is 18.6 Å². The molecule has 0 spiro atoms. The van der Waals surface area contributed by atoms with E-state index in [2.05, 4.69) is 15.9 Å². The van der Waals surface area contributed by atoms with E-state index in [1.807, 2.05) is 48.5 Å². The van der Waals surface area contributed by atoms with Crippen molar-refractivity contribution in [2.24, 2.45) is 0 Å². The number of Topliss-reactive ketones (excluding diaryl/α,β-unsaturated/α-hetero) is 1. The molecule has 5 heteroatoms. The Hall–Kier alpha value is -2.40. The highest BCUT2D eigenvalue weighted by molar-refractivity contribution is 9.10. The largest absolute Gasteiger partial charge is 0.497 e. The Morgan fingerprint density at radius 1 is 1.04 bits per heavy atom. The number of methoxy groups -OCH3 is 1. The Bertz CT molecular complexity index is 779. The number of hydrogen-bond acceptors (Lipinski definition) is 3. The fraction of sp³-hybridized carbons (Fsp3) is 0.111. The molecule has 1 amide bonds. The summed E-state index contributed by atoms with van der Waals surface area (Å²) < 4.78 is 6.03. The van der Waals surface area contributed by atoms with Gasteiger partial charge in [-0.05, 0) is 48.0 Å². The predicted octanol–water partition coefficient (Wildman–Crippen LogP) is 3.46. The van der Waals surface area contributed by atoms with E-state index in [1.54, 1.807) is 13.2 Å². The predicted molar refractivity (Wildman–Crippen MR) is 92.5 cm³/mol. The van der Waals surface area contributed by atoms with Crippen LogP contribution in [0.15, 0.2) is 58.6 Å². The fourth-order valence-corrected chi connectivity index (χ4v) is 2.68. The SMILES string of the molecule is COc1ccc(C=C2CN(c3ccc(Br)cc3)C(=O)C2=O)cc1. The van der Waals surface area contributed by atoms with E-state index in [-0.39, 0.29) is 6.54 Å². The third kappa shape index (κ3) is 3.19. The standard InChI is InChI=1S/C18H14BrNO3/c1-23-16-8-2-12(3-9-16)10-13-11-20(18(22)17(13)21)15-6-4-14(19)5-7-15/h2-10H,11H2,1H3. The molecular weight excluding hydrogens is 358 g/mol. The number of halogens is 1. The molecule has 23 heavy (non-hydrogen) atoms. The van der Waals surface area contributed by atoms with Gasteiger partial charge in [0, 0.05) is 15.7 Å². The zero-order chi connectivity index (χ0) is 16.4. The second-order valence-electron chi connectivity index (χ2n) is 5.14. The molecule has 4 nitrogen and oxygen atoms in total. The lowest BCUT2D eigenvalue weighted by Crippen LogP contribution is -2.26. The second kappa shape index (κ2) is 6.38. The first-order chi connectivity index (χ1) is 11.1. The molecule has 0 unspecified atom stereocenters. The monoisotopic (exact) mass is 371 g/mol. The summed E-state index contributed by atoms with van der Waals surface area (Å²) in [6, 6.07) is 14.7. The summed E-state index contributed by atoms with van der Waals surface area (Å²) >= 11 is 3.36. The highest BCUT2D eigenvalue weighted by atomic mass is 79.9. The van der Waals surface area contributed by atoms with Crippen LogP contribution in [-0.4, -0.2) is 25.3 Å². The Balaban J connectivity index is 1.86. The van der Waals surface area contributed by atoms with Gasteiger partial charge in [0.2, 0.25) is 5.78 Å². The molecule has 0 aliphatic carbocycles. The average molecular weight is 372 g/mol. The van der Waals surface area contributed by atoms with Gasteiger partial charge in [-0.25, -0.2) is 0 Å². The summed E-state index contributed by atoms with van der Waals surface area (Å²) in [5.74, 6) is -0.201. The lowest BCUT2D eigenvalue weighted by Gasteiger charge is -2.14. The summed E-state index contributed by atoms with van der Waals surface area (Å²) in [4.78, 5) is 25.9. The lowest BCUT2D eigenvalue weighted by molar-refractivity contribution is -0.132. The number of ether oxygens (including phenoxy) is 1. The van der Waals surface area contributed by atoms with Crippen molar-refractivity contribution in [2.45, 2.75) is 0 Å². The molecule has 1 saturated heterocycles. The smallest absolute Gasteiger partial charge is 0.299 e. The molecule has 2 aromatic carbocycles. The molecule has 3 rings (SSSR count). The Labute approximate surface area is 142 Å². The van der Waals surface area contributed by atoms with Crippen LogP contribution in [0.25, 0.3) is 6.08 Å². The van der Waals surface area contributed by atoms with Gasteiger partial charge in [0.15, 0.2) is 0 Å². The molecular formula is C18H14BrNO3. The van der Waals surface area contributed by atoms with E-state index in [0.717, 1.165) is 15.8 Å². The van der Waals surface area contributed by atoms with E-state index < -0.39 is 11.7 Å². The maximum Gasteiger partial charge on any atom is 0.299 e. The van der Waals surface area contributed by atoms with Crippen molar-refractivity contribution in [3.8, 4) is 5.75 Å². The number of carbonyl (C=O) groups excluding carboxylic acids is 2. The first-order valence-electron chi connectivity index (χ1n) is 7.05. The molecule has 0 atom stereocenters. The van der Waals surface area contributed by atoms with E-state index in [0.29, 0.717) is 11.3 Å². The van der Waals surface area contributed by atoms with Crippen molar-refractivity contribution >= 4 is 39.4 Å². The lowest BCUT2D eigenvalue weighted by atomic mass is 10.1. The van der Waals surface area contributed by atoms with Gasteiger partial charge in [-0.2, -0.15) is 0 Å². The van der Waals surface area contributed by atoms with Crippen molar-refractivity contribution in [3.63, 3.8) is 0 Å². The first kappa shape index (κ1) is 15.5. The van der Waals surface area contributed by atoms with E-state index >= 15 is 0 Å². The maximum atomic E-state index is 12.2. The van der Waals surface area contributed by atoms with Crippen molar-refractivity contribution in [3.05, 3.63) is 64.1 Å². The summed E-state index contributed by atoms with van der Waals surface area (Å²) in [6.45, 7) is 0.283. The number of benzene rings is 2. The van der Waals surface area contributed by atoms with Gasteiger partial charge in [0.05, 0.1) is 13.7 Å². The third-order valence-electron chi connectivity index (χ3n) is 3.65. The maximum absolute atomic E-state index is 12.2. The van der Waals surface area contributed by atoms with Gasteiger partial charge in [-0.15, -0.1) is 0 Å². The van der Waals surface area contributed by atoms with Crippen LogP contribution in [0.5, 0.6) is 5.75 Å². The molecule has 0 N–H and O–H groups in total. The third-order valence-corrected chi connectivity index (χ3v) is 4.18. The molecule has 1 aliphatic heterocycles. The zero-order valence-corrected chi connectivity index (χ0v) is 14.0. The van der Waals surface area contributed by atoms with Crippen molar-refractivity contribution in [1.29, 1.82) is 0 Å². The minimum Gasteiger partial charge on any atom is -0.497 e. The molecule has 1 fully saturated rings. The van der Waals surface area contributed by atoms with E-state index in [4.69, 9.17) is 4.74 Å². The van der Waals surface area contributed by atoms with Gasteiger partial charge in [0.1, 0.15) is 5.75 Å². The second-order valence-corrected chi connectivity index (χ2v) is 6.06. The number of ketones is 1. The number of hydrogen-bond donors (Lipinski definition) is 0. The molecule has 2 aromatic rings. The fourth-order valence-electron chi connectivity index (χ4n) is 2.42. The van der Waals surface area contributed by atoms with Gasteiger partial charge in [0.25, 0.3) is 5.91 Å². The summed E-state index contributed by atoms with van der Waals surface area (Å²) in [5.41, 5.74) is 2.06. The number of carbonyl (C=O) groups is 2. The Morgan fingerprint density at radius 2 is 1.70 bits per heavy atom. The van der Waals surface area contributed by atoms with E-state index in [9.17, 15) is 9.59 Å². The molecule has 1 heterocycles. The minimum absolute atomic E-state index is 0.283. The van der Waals surface area contributed by atoms with Gasteiger partial charge in [-0.1, -0.05) is 28.1 Å². The van der Waals surface area contributed by atoms with Crippen LogP contribution in [0.2, 0.25) is 0 Å². The van der Waals surface area contributed by atoms with Crippen LogP contribution in [0.4, 0.5) is 5.69 Å². The molecule has 0 aromatic heterocycles. The topological polar surface area (TPSA) is 46.6 Å². The normalized spacial score (nSPS) is 16.3. The van der Waals surface area contributed by atoms with Crippen LogP contribution in [0.1, 0.15) is 5.56 Å². The minimum atomic E-state index is -0.493. The highest BCUT2D eigenvalue weighted by Crippen LogP contribution is 2.25. The van der Waals surface area contributed by atoms with Gasteiger partial charge < -0.3 is 9.64 Å². The molecule has 0 radical (unpaired) electrons. The Kier molecular flexibility index (Phi) is 4.30. The van der Waals surface area contributed by atoms with Crippen LogP contribution in [-0.2, 0) is 9.59 Å². The molecule has 116 valence electrons. The number of nitrogens with zero attached hydrogens (tertiary/aromatic N) is 1. The number of anilines is 1. The first-order valence-corrected chi connectivity index (χ1v) is 7.84. The van der Waals surface area contributed by atoms with Crippen LogP contribution in [0, 0.1) is 0 Å². The number of amides is 1. The van der Waals surface area contributed by atoms with Crippen LogP contribution >= 0.6 is 15.9 Å². The Morgan fingerprint density at radius 3 is 2.30 bits per heavy atom. The van der Waals surface area contributed by atoms with Crippen molar-refractivity contribution < 1.29 is 14.3 Å². The summed E-state index contributed by atoms with van der Waals surface area (Å²) in [5, 5.41) is 0. The number of rotatable bonds is 3. The summed E-state index contributed by atoms with van der Waals surface area (Å²) in [7, 11) is 1.60. The van der Waals surface area contributed by atoms with Crippen LogP contribution in [0.3, 0.4) is 0 Å².